The lowest BCUT2D eigenvalue weighted by molar-refractivity contribution is -0.379. The summed E-state index contributed by atoms with van der Waals surface area (Å²) in [5.41, 5.74) is 0. The van der Waals surface area contributed by atoms with E-state index in [0.717, 1.165) is 44.9 Å². The minimum absolute atomic E-state index is 0.249. The number of aliphatic hydroxyl groups excluding tert-OH is 11. The molecule has 0 bridgehead atoms. The average molecular weight is 1220 g/mol. The third kappa shape index (κ3) is 31.9. The van der Waals surface area contributed by atoms with E-state index in [-0.39, 0.29) is 18.9 Å². The smallest absolute Gasteiger partial charge is 0.220 e. The van der Waals surface area contributed by atoms with Crippen LogP contribution in [0, 0.1) is 0 Å². The normalized spacial score (nSPS) is 29.0. The molecule has 0 aliphatic carbocycles. The third-order valence-electron chi connectivity index (χ3n) is 17.6. The summed E-state index contributed by atoms with van der Waals surface area (Å²) in [6.07, 6.45) is 26.8. The number of aliphatic hydroxyl groups is 11. The molecular formula is C66H125NO18. The lowest BCUT2D eigenvalue weighted by Crippen LogP contribution is -2.66. The van der Waals surface area contributed by atoms with Crippen LogP contribution in [0.25, 0.3) is 0 Å². The quantitative estimate of drug-likeness (QED) is 0.0201. The molecule has 0 saturated carbocycles. The lowest BCUT2D eigenvalue weighted by atomic mass is 9.96. The summed E-state index contributed by atoms with van der Waals surface area (Å²) in [6, 6.07) is -0.966. The van der Waals surface area contributed by atoms with E-state index < -0.39 is 124 Å². The average Bonchev–Trinajstić information content (AvgIpc) is 3.55. The van der Waals surface area contributed by atoms with Crippen molar-refractivity contribution in [3.8, 4) is 0 Å². The van der Waals surface area contributed by atoms with E-state index in [1.165, 1.54) is 199 Å². The fraction of sp³-hybridized carbons (Fsp3) is 0.955. The zero-order chi connectivity index (χ0) is 61.9. The van der Waals surface area contributed by atoms with Crippen molar-refractivity contribution in [1.29, 1.82) is 0 Å². The summed E-state index contributed by atoms with van der Waals surface area (Å²) in [5, 5.41) is 120. The number of allylic oxidation sites excluding steroid dienone is 1. The van der Waals surface area contributed by atoms with Gasteiger partial charge in [-0.05, 0) is 19.3 Å². The highest BCUT2D eigenvalue weighted by Gasteiger charge is 2.53. The van der Waals surface area contributed by atoms with Gasteiger partial charge in [-0.2, -0.15) is 0 Å². The molecule has 0 aromatic carbocycles. The highest BCUT2D eigenvalue weighted by atomic mass is 16.8. The number of nitrogens with one attached hydrogen (secondary N) is 1. The molecule has 19 nitrogen and oxygen atoms in total. The molecule has 3 heterocycles. The number of unbranched alkanes of at least 4 members (excludes halogenated alkanes) is 37. The first-order chi connectivity index (χ1) is 41.3. The van der Waals surface area contributed by atoms with Crippen molar-refractivity contribution in [2.24, 2.45) is 0 Å². The van der Waals surface area contributed by atoms with E-state index in [1.807, 2.05) is 6.08 Å². The molecule has 3 aliphatic rings. The molecule has 12 N–H and O–H groups in total. The molecule has 3 saturated heterocycles. The molecule has 502 valence electrons. The molecular weight excluding hydrogens is 1090 g/mol. The van der Waals surface area contributed by atoms with E-state index in [9.17, 15) is 61.0 Å². The van der Waals surface area contributed by atoms with E-state index in [0.29, 0.717) is 6.42 Å². The highest BCUT2D eigenvalue weighted by Crippen LogP contribution is 2.33. The standard InChI is InChI=1S/C66H125NO18/c1-3-5-7-9-11-13-14-15-16-17-18-19-20-21-22-23-24-25-26-27-28-29-30-31-32-33-34-36-38-40-42-44-54(72)67-49(50(71)43-41-39-37-35-12-10-8-6-4-2)48-80-64-60(78)57(75)62(52(46-69)82-64)85-66-61(79)58(76)63(53(47-70)83-66)84-65-59(77)56(74)55(73)51(45-68)81-65/h41,43,49-53,55-66,68-71,73-79H,3-40,42,44-48H2,1-2H3,(H,67,72)/b43-41+. The van der Waals surface area contributed by atoms with Gasteiger partial charge in [0.05, 0.1) is 38.6 Å². The maximum Gasteiger partial charge on any atom is 0.220 e. The molecule has 0 aromatic heterocycles. The Morgan fingerprint density at radius 3 is 1.11 bits per heavy atom. The van der Waals surface area contributed by atoms with Gasteiger partial charge in [0, 0.05) is 6.42 Å². The van der Waals surface area contributed by atoms with Gasteiger partial charge in [0.1, 0.15) is 73.2 Å². The summed E-state index contributed by atoms with van der Waals surface area (Å²) in [4.78, 5) is 13.3. The predicted octanol–water partition coefficient (Wildman–Crippen LogP) is 8.50. The molecule has 85 heavy (non-hydrogen) atoms. The van der Waals surface area contributed by atoms with Crippen molar-refractivity contribution in [3.05, 3.63) is 12.2 Å². The minimum atomic E-state index is -1.97. The second kappa shape index (κ2) is 49.3. The molecule has 3 rings (SSSR count). The van der Waals surface area contributed by atoms with Gasteiger partial charge in [0.25, 0.3) is 0 Å². The summed E-state index contributed by atoms with van der Waals surface area (Å²) >= 11 is 0. The lowest BCUT2D eigenvalue weighted by Gasteiger charge is -2.48. The van der Waals surface area contributed by atoms with Gasteiger partial charge in [-0.15, -0.1) is 0 Å². The first kappa shape index (κ1) is 77.8. The molecule has 0 aromatic rings. The number of carbonyl (C=O) groups is 1. The number of hydrogen-bond donors (Lipinski definition) is 12. The van der Waals surface area contributed by atoms with E-state index in [4.69, 9.17) is 28.4 Å². The second-order valence-corrected chi connectivity index (χ2v) is 25.0. The largest absolute Gasteiger partial charge is 0.394 e. The molecule has 1 amide bonds. The van der Waals surface area contributed by atoms with Crippen LogP contribution in [-0.4, -0.2) is 193 Å². The van der Waals surface area contributed by atoms with Crippen molar-refractivity contribution in [2.75, 3.05) is 26.4 Å². The number of ether oxygens (including phenoxy) is 6. The Bertz CT molecular complexity index is 1600. The summed E-state index contributed by atoms with van der Waals surface area (Å²) < 4.78 is 34.2. The number of carbonyl (C=O) groups excluding carboxylic acids is 1. The summed E-state index contributed by atoms with van der Waals surface area (Å²) in [6.45, 7) is 1.71. The van der Waals surface area contributed by atoms with Crippen molar-refractivity contribution in [1.82, 2.24) is 5.32 Å². The van der Waals surface area contributed by atoms with E-state index in [2.05, 4.69) is 19.2 Å². The van der Waals surface area contributed by atoms with Crippen LogP contribution < -0.4 is 5.32 Å². The Kier molecular flexibility index (Phi) is 45.1. The molecule has 17 unspecified atom stereocenters. The molecule has 17 atom stereocenters. The van der Waals surface area contributed by atoms with Gasteiger partial charge in [-0.1, -0.05) is 257 Å². The molecule has 3 aliphatic heterocycles. The van der Waals surface area contributed by atoms with Crippen LogP contribution in [0.5, 0.6) is 0 Å². The van der Waals surface area contributed by atoms with Gasteiger partial charge < -0.3 is 89.9 Å². The van der Waals surface area contributed by atoms with Crippen LogP contribution in [-0.2, 0) is 33.2 Å². The van der Waals surface area contributed by atoms with Gasteiger partial charge >= 0.3 is 0 Å². The highest BCUT2D eigenvalue weighted by molar-refractivity contribution is 5.76. The van der Waals surface area contributed by atoms with Gasteiger partial charge in [0.15, 0.2) is 18.9 Å². The topological polar surface area (TPSA) is 307 Å². The molecule has 3 fully saturated rings. The van der Waals surface area contributed by atoms with Crippen LogP contribution >= 0.6 is 0 Å². The monoisotopic (exact) mass is 1220 g/mol. The summed E-state index contributed by atoms with van der Waals surface area (Å²) in [7, 11) is 0. The van der Waals surface area contributed by atoms with Crippen molar-refractivity contribution in [3.63, 3.8) is 0 Å². The molecule has 0 radical (unpaired) electrons. The van der Waals surface area contributed by atoms with E-state index in [1.54, 1.807) is 6.08 Å². The Balaban J connectivity index is 1.33. The van der Waals surface area contributed by atoms with Crippen molar-refractivity contribution < 1.29 is 89.4 Å². The van der Waals surface area contributed by atoms with E-state index >= 15 is 0 Å². The zero-order valence-electron chi connectivity index (χ0n) is 52.9. The number of rotatable bonds is 53. The minimum Gasteiger partial charge on any atom is -0.394 e. The maximum absolute atomic E-state index is 13.3. The van der Waals surface area contributed by atoms with Crippen LogP contribution in [0.1, 0.15) is 271 Å². The summed E-state index contributed by atoms with van der Waals surface area (Å²) in [5.74, 6) is -0.273. The fourth-order valence-electron chi connectivity index (χ4n) is 12.0. The predicted molar refractivity (Wildman–Crippen MR) is 328 cm³/mol. The molecule has 0 spiro atoms. The maximum atomic E-state index is 13.3. The Morgan fingerprint density at radius 2 is 0.729 bits per heavy atom. The number of amides is 1. The van der Waals surface area contributed by atoms with Crippen LogP contribution in [0.15, 0.2) is 12.2 Å². The van der Waals surface area contributed by atoms with Gasteiger partial charge in [0.2, 0.25) is 5.91 Å². The van der Waals surface area contributed by atoms with Crippen LogP contribution in [0.3, 0.4) is 0 Å². The third-order valence-corrected chi connectivity index (χ3v) is 17.6. The van der Waals surface area contributed by atoms with Gasteiger partial charge in [-0.25, -0.2) is 0 Å². The Labute approximate surface area is 512 Å². The fourth-order valence-corrected chi connectivity index (χ4v) is 12.0. The first-order valence-electron chi connectivity index (χ1n) is 34.4. The number of hydrogen-bond acceptors (Lipinski definition) is 18. The second-order valence-electron chi connectivity index (χ2n) is 25.0. The Morgan fingerprint density at radius 1 is 0.412 bits per heavy atom. The zero-order valence-corrected chi connectivity index (χ0v) is 52.9. The van der Waals surface area contributed by atoms with Crippen LogP contribution in [0.4, 0.5) is 0 Å². The van der Waals surface area contributed by atoms with Crippen LogP contribution in [0.2, 0.25) is 0 Å². The van der Waals surface area contributed by atoms with Crippen molar-refractivity contribution in [2.45, 2.75) is 375 Å². The first-order valence-corrected chi connectivity index (χ1v) is 34.4. The SMILES string of the molecule is CCCCCCCCC/C=C/C(O)C(COC1OC(CO)C(OC2OC(CO)C(OC3OC(CO)C(O)C(O)C3O)C(O)C2O)C(O)C1O)NC(=O)CCCCCCCCCCCCCCCCCCCCCCCCCCCCCCCCC. The molecule has 19 heteroatoms. The van der Waals surface area contributed by atoms with Gasteiger partial charge in [-0.3, -0.25) is 4.79 Å². The van der Waals surface area contributed by atoms with Crippen molar-refractivity contribution >= 4 is 5.91 Å². The Hall–Kier alpha value is -1.47.